The van der Waals surface area contributed by atoms with E-state index < -0.39 is 31.1 Å². The second kappa shape index (κ2) is 8.06. The fraction of sp³-hybridized carbons (Fsp3) is 0.353. The van der Waals surface area contributed by atoms with Gasteiger partial charge in [0.1, 0.15) is 18.3 Å². The molecule has 0 amide bonds. The molecule has 4 rings (SSSR count). The number of imidazole rings is 1. The molecule has 154 valence electrons. The number of halogens is 1. The van der Waals surface area contributed by atoms with Crippen molar-refractivity contribution in [1.29, 1.82) is 0 Å². The third-order valence-corrected chi connectivity index (χ3v) is 4.97. The van der Waals surface area contributed by atoms with Gasteiger partial charge in [0.15, 0.2) is 23.2 Å². The highest BCUT2D eigenvalue weighted by Gasteiger charge is 2.44. The van der Waals surface area contributed by atoms with E-state index in [1.54, 1.807) is 12.1 Å². The molecule has 1 aliphatic rings. The van der Waals surface area contributed by atoms with Gasteiger partial charge in [-0.2, -0.15) is 9.97 Å². The summed E-state index contributed by atoms with van der Waals surface area (Å²) in [5.41, 5.74) is 4.14. The van der Waals surface area contributed by atoms with Crippen molar-refractivity contribution in [3.8, 4) is 0 Å². The number of nitrogens with two attached hydrogens (primary N) is 1. The molecule has 0 radical (unpaired) electrons. The van der Waals surface area contributed by atoms with E-state index in [0.717, 1.165) is 5.56 Å². The van der Waals surface area contributed by atoms with E-state index in [-0.39, 0.29) is 5.95 Å². The van der Waals surface area contributed by atoms with Crippen molar-refractivity contribution < 1.29 is 20.1 Å². The van der Waals surface area contributed by atoms with E-state index >= 15 is 0 Å². The number of nitrogens with one attached hydrogen (secondary N) is 2. The number of hydrogen-bond donors (Lipinski definition) is 6. The Morgan fingerprint density at radius 3 is 2.59 bits per heavy atom. The predicted octanol–water partition coefficient (Wildman–Crippen LogP) is -0.0111. The molecule has 1 aliphatic heterocycles. The van der Waals surface area contributed by atoms with Gasteiger partial charge in [0.2, 0.25) is 5.95 Å². The van der Waals surface area contributed by atoms with Gasteiger partial charge >= 0.3 is 0 Å². The van der Waals surface area contributed by atoms with Gasteiger partial charge in [0.25, 0.3) is 0 Å². The Bertz CT molecular complexity index is 999. The average Bonchev–Trinajstić information content (AvgIpc) is 3.28. The van der Waals surface area contributed by atoms with Crippen LogP contribution in [-0.4, -0.2) is 59.8 Å². The summed E-state index contributed by atoms with van der Waals surface area (Å²) in [7, 11) is 0. The lowest BCUT2D eigenvalue weighted by atomic mass is 10.1. The average molecular weight is 422 g/mol. The zero-order valence-corrected chi connectivity index (χ0v) is 15.9. The number of anilines is 2. The Kier molecular flexibility index (Phi) is 5.50. The van der Waals surface area contributed by atoms with Crippen LogP contribution in [0.1, 0.15) is 11.8 Å². The molecule has 3 aromatic rings. The summed E-state index contributed by atoms with van der Waals surface area (Å²) < 4.78 is 7.04. The number of aromatic nitrogens is 4. The number of hydrogen-bond acceptors (Lipinski definition) is 10. The van der Waals surface area contributed by atoms with Crippen LogP contribution < -0.4 is 16.6 Å². The van der Waals surface area contributed by atoms with Crippen LogP contribution in [0.3, 0.4) is 0 Å². The van der Waals surface area contributed by atoms with Gasteiger partial charge in [-0.1, -0.05) is 23.7 Å². The van der Waals surface area contributed by atoms with Crippen LogP contribution in [0.25, 0.3) is 11.2 Å². The van der Waals surface area contributed by atoms with Crippen molar-refractivity contribution >= 4 is 34.5 Å². The zero-order chi connectivity index (χ0) is 20.5. The van der Waals surface area contributed by atoms with Gasteiger partial charge in [0.05, 0.1) is 12.9 Å². The Labute approximate surface area is 170 Å². The van der Waals surface area contributed by atoms with E-state index in [9.17, 15) is 15.3 Å². The molecule has 4 atom stereocenters. The fourth-order valence-corrected chi connectivity index (χ4v) is 3.31. The van der Waals surface area contributed by atoms with Gasteiger partial charge in [-0.3, -0.25) is 9.99 Å². The summed E-state index contributed by atoms with van der Waals surface area (Å²) in [4.78, 5) is 12.9. The van der Waals surface area contributed by atoms with Crippen molar-refractivity contribution in [2.75, 3.05) is 17.3 Å². The minimum atomic E-state index is -1.26. The molecule has 11 nitrogen and oxygen atoms in total. The molecule has 1 aromatic carbocycles. The normalized spacial score (nSPS) is 24.2. The van der Waals surface area contributed by atoms with Crippen molar-refractivity contribution in [2.45, 2.75) is 31.1 Å². The quantitative estimate of drug-likeness (QED) is 0.235. The van der Waals surface area contributed by atoms with E-state index in [4.69, 9.17) is 22.2 Å². The first-order chi connectivity index (χ1) is 14.0. The lowest BCUT2D eigenvalue weighted by Crippen LogP contribution is -2.33. The fourth-order valence-electron chi connectivity index (χ4n) is 3.19. The van der Waals surface area contributed by atoms with Crippen LogP contribution in [0.4, 0.5) is 11.8 Å². The first-order valence-electron chi connectivity index (χ1n) is 8.83. The molecule has 2 aromatic heterocycles. The SMILES string of the molecule is NNc1nc(NCc2ccc(Cl)cc2)c2ncn([C@@H]3O[C@H](CO)[C@H](O)[C@@H]3O)c2n1. The maximum atomic E-state index is 10.3. The van der Waals surface area contributed by atoms with Crippen molar-refractivity contribution in [2.24, 2.45) is 5.84 Å². The molecular formula is C17H20ClN7O4. The Morgan fingerprint density at radius 2 is 1.93 bits per heavy atom. The summed E-state index contributed by atoms with van der Waals surface area (Å²) in [6.45, 7) is 0.0217. The molecule has 1 saturated heterocycles. The second-order valence-electron chi connectivity index (χ2n) is 6.57. The van der Waals surface area contributed by atoms with Crippen LogP contribution in [0.5, 0.6) is 0 Å². The number of hydrazine groups is 1. The molecule has 29 heavy (non-hydrogen) atoms. The molecule has 0 spiro atoms. The summed E-state index contributed by atoms with van der Waals surface area (Å²) in [6.07, 6.45) is -2.97. The van der Waals surface area contributed by atoms with Gasteiger partial charge < -0.3 is 25.4 Å². The number of nitrogens with zero attached hydrogens (tertiary/aromatic N) is 4. The molecule has 0 bridgehead atoms. The van der Waals surface area contributed by atoms with Gasteiger partial charge in [-0.25, -0.2) is 10.8 Å². The Balaban J connectivity index is 1.67. The largest absolute Gasteiger partial charge is 0.394 e. The third kappa shape index (κ3) is 3.71. The van der Waals surface area contributed by atoms with E-state index in [2.05, 4.69) is 25.7 Å². The first kappa shape index (κ1) is 19.8. The number of fused-ring (bicyclic) bond motifs is 1. The maximum absolute atomic E-state index is 10.3. The summed E-state index contributed by atoms with van der Waals surface area (Å²) in [5, 5.41) is 33.5. The van der Waals surface area contributed by atoms with Crippen LogP contribution in [0.2, 0.25) is 5.02 Å². The number of nitrogen functional groups attached to an aromatic ring is 1. The molecule has 0 unspecified atom stereocenters. The standard InChI is InChI=1S/C17H20ClN7O4/c18-9-3-1-8(2-4-9)5-20-14-11-15(23-17(22-14)24-19)25(7-21-11)16-13(28)12(27)10(6-26)29-16/h1-4,7,10,12-13,16,26-28H,5-6,19H2,(H2,20,22,23,24)/t10-,12+,13+,16-/m1/s1. The molecule has 12 heteroatoms. The smallest absolute Gasteiger partial charge is 0.241 e. The maximum Gasteiger partial charge on any atom is 0.241 e. The van der Waals surface area contributed by atoms with Gasteiger partial charge in [-0.15, -0.1) is 0 Å². The molecule has 7 N–H and O–H groups in total. The zero-order valence-electron chi connectivity index (χ0n) is 15.1. The van der Waals surface area contributed by atoms with Crippen LogP contribution in [0, 0.1) is 0 Å². The summed E-state index contributed by atoms with van der Waals surface area (Å²) in [5.74, 6) is 6.05. The van der Waals surface area contributed by atoms with Crippen molar-refractivity contribution in [3.63, 3.8) is 0 Å². The molecule has 3 heterocycles. The summed E-state index contributed by atoms with van der Waals surface area (Å²) in [6, 6.07) is 7.34. The van der Waals surface area contributed by atoms with Gasteiger partial charge in [0, 0.05) is 11.6 Å². The molecule has 0 saturated carbocycles. The second-order valence-corrected chi connectivity index (χ2v) is 7.01. The van der Waals surface area contributed by atoms with Crippen LogP contribution in [0.15, 0.2) is 30.6 Å². The highest BCUT2D eigenvalue weighted by molar-refractivity contribution is 6.30. The topological polar surface area (TPSA) is 164 Å². The number of ether oxygens (including phenoxy) is 1. The molecular weight excluding hydrogens is 402 g/mol. The number of aliphatic hydroxyl groups is 3. The minimum absolute atomic E-state index is 0.129. The highest BCUT2D eigenvalue weighted by Crippen LogP contribution is 2.32. The third-order valence-electron chi connectivity index (χ3n) is 4.72. The number of benzene rings is 1. The van der Waals surface area contributed by atoms with Crippen molar-refractivity contribution in [1.82, 2.24) is 19.5 Å². The van der Waals surface area contributed by atoms with Crippen molar-refractivity contribution in [3.05, 3.63) is 41.2 Å². The van der Waals surface area contributed by atoms with Crippen LogP contribution in [-0.2, 0) is 11.3 Å². The minimum Gasteiger partial charge on any atom is -0.394 e. The monoisotopic (exact) mass is 421 g/mol. The Morgan fingerprint density at radius 1 is 1.17 bits per heavy atom. The molecule has 0 aliphatic carbocycles. The van der Waals surface area contributed by atoms with Crippen LogP contribution >= 0.6 is 11.6 Å². The molecule has 1 fully saturated rings. The first-order valence-corrected chi connectivity index (χ1v) is 9.21. The van der Waals surface area contributed by atoms with E-state index in [1.807, 2.05) is 12.1 Å². The Hall–Kier alpha value is -2.54. The number of aliphatic hydroxyl groups excluding tert-OH is 3. The van der Waals surface area contributed by atoms with Gasteiger partial charge in [-0.05, 0) is 17.7 Å². The van der Waals surface area contributed by atoms with E-state index in [1.165, 1.54) is 10.9 Å². The lowest BCUT2D eigenvalue weighted by molar-refractivity contribution is -0.0511. The predicted molar refractivity (Wildman–Crippen MR) is 105 cm³/mol. The van der Waals surface area contributed by atoms with E-state index in [0.29, 0.717) is 28.5 Å². The number of rotatable bonds is 6. The summed E-state index contributed by atoms with van der Waals surface area (Å²) >= 11 is 5.91. The lowest BCUT2D eigenvalue weighted by Gasteiger charge is -2.17. The highest BCUT2D eigenvalue weighted by atomic mass is 35.5.